The molecule has 4 aromatic rings. The van der Waals surface area contributed by atoms with Gasteiger partial charge in [-0.3, -0.25) is 4.79 Å². The summed E-state index contributed by atoms with van der Waals surface area (Å²) < 4.78 is 15.1. The van der Waals surface area contributed by atoms with E-state index in [0.29, 0.717) is 12.2 Å². The second kappa shape index (κ2) is 9.38. The van der Waals surface area contributed by atoms with Crippen LogP contribution in [0.5, 0.6) is 11.5 Å². The van der Waals surface area contributed by atoms with E-state index < -0.39 is 0 Å². The average Bonchev–Trinajstić information content (AvgIpc) is 3.54. The van der Waals surface area contributed by atoms with Gasteiger partial charge in [0.2, 0.25) is 6.79 Å². The molecule has 0 saturated carbocycles. The highest BCUT2D eigenvalue weighted by Gasteiger charge is 2.21. The normalized spacial score (nSPS) is 12.3. The molecule has 34 heavy (non-hydrogen) atoms. The minimum atomic E-state index is 0.0698. The van der Waals surface area contributed by atoms with Crippen molar-refractivity contribution >= 4 is 17.5 Å². The molecular formula is C26H26N4O3S. The topological polar surface area (TPSA) is 71.2 Å². The van der Waals surface area contributed by atoms with Crippen molar-refractivity contribution in [2.75, 3.05) is 12.5 Å². The average molecular weight is 475 g/mol. The summed E-state index contributed by atoms with van der Waals surface area (Å²) in [4.78, 5) is 13.2. The van der Waals surface area contributed by atoms with Crippen molar-refractivity contribution in [1.82, 2.24) is 19.3 Å². The molecule has 1 aliphatic rings. The summed E-state index contributed by atoms with van der Waals surface area (Å²) in [6.45, 7) is 7.04. The quantitative estimate of drug-likeness (QED) is 0.264. The van der Waals surface area contributed by atoms with Gasteiger partial charge in [0, 0.05) is 41.7 Å². The van der Waals surface area contributed by atoms with Crippen LogP contribution in [0.1, 0.15) is 40.1 Å². The van der Waals surface area contributed by atoms with E-state index >= 15 is 0 Å². The molecule has 0 fully saturated rings. The number of hydrogen-bond donors (Lipinski definition) is 0. The first-order chi connectivity index (χ1) is 16.5. The Morgan fingerprint density at radius 1 is 1.03 bits per heavy atom. The van der Waals surface area contributed by atoms with E-state index in [0.717, 1.165) is 51.7 Å². The van der Waals surface area contributed by atoms with Crippen LogP contribution in [0, 0.1) is 13.8 Å². The highest BCUT2D eigenvalue weighted by Crippen LogP contribution is 2.35. The van der Waals surface area contributed by atoms with E-state index in [9.17, 15) is 4.79 Å². The molecule has 0 radical (unpaired) electrons. The van der Waals surface area contributed by atoms with Gasteiger partial charge in [-0.1, -0.05) is 42.1 Å². The van der Waals surface area contributed by atoms with Gasteiger partial charge in [-0.2, -0.15) is 0 Å². The van der Waals surface area contributed by atoms with Crippen LogP contribution in [0.4, 0.5) is 0 Å². The number of fused-ring (bicyclic) bond motifs is 1. The first-order valence-electron chi connectivity index (χ1n) is 11.3. The minimum absolute atomic E-state index is 0.0698. The zero-order chi connectivity index (χ0) is 23.7. The van der Waals surface area contributed by atoms with Crippen molar-refractivity contribution < 1.29 is 14.3 Å². The van der Waals surface area contributed by atoms with Crippen LogP contribution < -0.4 is 9.47 Å². The molecule has 8 heteroatoms. The van der Waals surface area contributed by atoms with Crippen LogP contribution in [0.3, 0.4) is 0 Å². The number of aryl methyl sites for hydroxylation is 1. The summed E-state index contributed by atoms with van der Waals surface area (Å²) in [5.41, 5.74) is 4.75. The van der Waals surface area contributed by atoms with Gasteiger partial charge in [0.25, 0.3) is 0 Å². The first-order valence-corrected chi connectivity index (χ1v) is 12.2. The lowest BCUT2D eigenvalue weighted by Crippen LogP contribution is -2.08. The maximum Gasteiger partial charge on any atom is 0.231 e. The van der Waals surface area contributed by atoms with Crippen molar-refractivity contribution in [1.29, 1.82) is 0 Å². The first kappa shape index (κ1) is 22.3. The maximum atomic E-state index is 13.2. The van der Waals surface area contributed by atoms with Gasteiger partial charge in [-0.15, -0.1) is 10.2 Å². The van der Waals surface area contributed by atoms with Crippen LogP contribution in [0.25, 0.3) is 5.69 Å². The summed E-state index contributed by atoms with van der Waals surface area (Å²) in [7, 11) is 0. The molecule has 2 aromatic carbocycles. The lowest BCUT2D eigenvalue weighted by molar-refractivity contribution is 0.102. The number of thioether (sulfide) groups is 1. The molecule has 0 N–H and O–H groups in total. The molecule has 1 aliphatic heterocycles. The zero-order valence-corrected chi connectivity index (χ0v) is 20.3. The number of nitrogens with zero attached hydrogens (tertiary/aromatic N) is 4. The Labute approximate surface area is 202 Å². The number of carbonyl (C=O) groups excluding carboxylic acids is 1. The van der Waals surface area contributed by atoms with E-state index in [1.165, 1.54) is 17.3 Å². The van der Waals surface area contributed by atoms with Gasteiger partial charge >= 0.3 is 0 Å². The molecule has 0 atom stereocenters. The summed E-state index contributed by atoms with van der Waals surface area (Å²) in [5, 5.41) is 9.53. The van der Waals surface area contributed by atoms with Gasteiger partial charge in [-0.25, -0.2) is 0 Å². The van der Waals surface area contributed by atoms with E-state index in [2.05, 4.69) is 38.4 Å². The third kappa shape index (κ3) is 4.21. The maximum absolute atomic E-state index is 13.2. The number of rotatable bonds is 8. The van der Waals surface area contributed by atoms with Crippen molar-refractivity contribution in [2.24, 2.45) is 0 Å². The number of carbonyl (C=O) groups is 1. The molecule has 174 valence electrons. The molecule has 0 amide bonds. The van der Waals surface area contributed by atoms with Crippen LogP contribution in [-0.2, 0) is 13.0 Å². The molecule has 0 aliphatic carbocycles. The fourth-order valence-corrected chi connectivity index (χ4v) is 5.23. The van der Waals surface area contributed by atoms with E-state index in [4.69, 9.17) is 9.47 Å². The van der Waals surface area contributed by atoms with Gasteiger partial charge < -0.3 is 18.6 Å². The van der Waals surface area contributed by atoms with Gasteiger partial charge in [-0.05, 0) is 44.5 Å². The number of ketones is 1. The monoisotopic (exact) mass is 474 g/mol. The molecule has 0 bridgehead atoms. The van der Waals surface area contributed by atoms with Crippen molar-refractivity contribution in [2.45, 2.75) is 38.9 Å². The number of hydrogen-bond acceptors (Lipinski definition) is 6. The predicted molar refractivity (Wildman–Crippen MR) is 131 cm³/mol. The molecule has 5 rings (SSSR count). The van der Waals surface area contributed by atoms with E-state index in [-0.39, 0.29) is 12.6 Å². The van der Waals surface area contributed by atoms with Gasteiger partial charge in [0.1, 0.15) is 5.82 Å². The Hall–Kier alpha value is -3.52. The standard InChI is InChI=1S/C26H26N4O3S/c1-4-29-25(13-19-8-6-5-7-9-19)27-28-26(29)34-15-22(31)21-12-17(2)30(18(21)3)20-10-11-23-24(14-20)33-16-32-23/h5-12,14H,4,13,15-16H2,1-3H3. The van der Waals surface area contributed by atoms with Gasteiger partial charge in [0.15, 0.2) is 22.4 Å². The van der Waals surface area contributed by atoms with Crippen molar-refractivity contribution in [3.8, 4) is 17.2 Å². The highest BCUT2D eigenvalue weighted by atomic mass is 32.2. The second-order valence-electron chi connectivity index (χ2n) is 8.18. The molecule has 0 unspecified atom stereocenters. The van der Waals surface area contributed by atoms with E-state index in [1.54, 1.807) is 0 Å². The van der Waals surface area contributed by atoms with Crippen LogP contribution in [0.2, 0.25) is 0 Å². The van der Waals surface area contributed by atoms with Crippen LogP contribution in [-0.4, -0.2) is 37.7 Å². The summed E-state index contributed by atoms with van der Waals surface area (Å²) in [6, 6.07) is 18.0. The van der Waals surface area contributed by atoms with Crippen molar-refractivity contribution in [3.63, 3.8) is 0 Å². The van der Waals surface area contributed by atoms with Gasteiger partial charge in [0.05, 0.1) is 5.75 Å². The molecule has 2 aromatic heterocycles. The lowest BCUT2D eigenvalue weighted by Gasteiger charge is -2.11. The zero-order valence-electron chi connectivity index (χ0n) is 19.4. The summed E-state index contributed by atoms with van der Waals surface area (Å²) in [5.74, 6) is 2.74. The molecular weight excluding hydrogens is 448 g/mol. The molecule has 7 nitrogen and oxygen atoms in total. The van der Waals surface area contributed by atoms with E-state index in [1.807, 2.05) is 56.3 Å². The minimum Gasteiger partial charge on any atom is -0.454 e. The number of ether oxygens (including phenoxy) is 2. The lowest BCUT2D eigenvalue weighted by atomic mass is 10.1. The Morgan fingerprint density at radius 2 is 1.82 bits per heavy atom. The summed E-state index contributed by atoms with van der Waals surface area (Å²) in [6.07, 6.45) is 0.715. The molecule has 3 heterocycles. The van der Waals surface area contributed by atoms with Crippen molar-refractivity contribution in [3.05, 3.63) is 82.9 Å². The Kier molecular flexibility index (Phi) is 6.15. The SMILES string of the molecule is CCn1c(Cc2ccccc2)nnc1SCC(=O)c1cc(C)n(-c2ccc3c(c2)OCO3)c1C. The Bertz CT molecular complexity index is 1340. The number of aromatic nitrogens is 4. The van der Waals surface area contributed by atoms with Crippen LogP contribution in [0.15, 0.2) is 59.8 Å². The Balaban J connectivity index is 1.32. The fourth-order valence-electron chi connectivity index (χ4n) is 4.33. The predicted octanol–water partition coefficient (Wildman–Crippen LogP) is 5.00. The third-order valence-corrected chi connectivity index (χ3v) is 6.96. The fraction of sp³-hybridized carbons (Fsp3) is 0.269. The largest absolute Gasteiger partial charge is 0.454 e. The third-order valence-electron chi connectivity index (χ3n) is 5.99. The second-order valence-corrected chi connectivity index (χ2v) is 9.12. The number of Topliss-reactive ketones (excluding diaryl/α,β-unsaturated/α-hetero) is 1. The molecule has 0 spiro atoms. The Morgan fingerprint density at radius 3 is 2.62 bits per heavy atom. The smallest absolute Gasteiger partial charge is 0.231 e. The number of benzene rings is 2. The summed E-state index contributed by atoms with van der Waals surface area (Å²) >= 11 is 1.44. The van der Waals surface area contributed by atoms with Crippen LogP contribution >= 0.6 is 11.8 Å². The highest BCUT2D eigenvalue weighted by molar-refractivity contribution is 7.99. The molecule has 0 saturated heterocycles.